The SMILES string of the molecule is CC(c1ccc(F)cc1)N(C)C(=O)CCCl. The molecular weight excluding hydrogens is 229 g/mol. The van der Waals surface area contributed by atoms with Crippen LogP contribution in [0.5, 0.6) is 0 Å². The number of benzene rings is 1. The first-order chi connectivity index (χ1) is 7.56. The van der Waals surface area contributed by atoms with Crippen molar-refractivity contribution in [2.45, 2.75) is 19.4 Å². The van der Waals surface area contributed by atoms with Gasteiger partial charge in [-0.05, 0) is 24.6 Å². The second-order valence-electron chi connectivity index (χ2n) is 3.67. The average Bonchev–Trinajstić information content (AvgIpc) is 2.28. The Morgan fingerprint density at radius 3 is 2.50 bits per heavy atom. The quantitative estimate of drug-likeness (QED) is 0.745. The van der Waals surface area contributed by atoms with Crippen LogP contribution in [0.4, 0.5) is 4.39 Å². The molecule has 0 saturated heterocycles. The van der Waals surface area contributed by atoms with Crippen molar-refractivity contribution in [1.82, 2.24) is 4.90 Å². The van der Waals surface area contributed by atoms with Gasteiger partial charge in [-0.3, -0.25) is 4.79 Å². The van der Waals surface area contributed by atoms with Crippen molar-refractivity contribution in [1.29, 1.82) is 0 Å². The largest absolute Gasteiger partial charge is 0.339 e. The fraction of sp³-hybridized carbons (Fsp3) is 0.417. The number of carbonyl (C=O) groups excluding carboxylic acids is 1. The Morgan fingerprint density at radius 1 is 1.44 bits per heavy atom. The van der Waals surface area contributed by atoms with Gasteiger partial charge in [-0.25, -0.2) is 4.39 Å². The summed E-state index contributed by atoms with van der Waals surface area (Å²) in [5.74, 6) is 0.0387. The molecule has 1 atom stereocenters. The molecule has 4 heteroatoms. The monoisotopic (exact) mass is 243 g/mol. The average molecular weight is 244 g/mol. The second-order valence-corrected chi connectivity index (χ2v) is 4.05. The van der Waals surface area contributed by atoms with E-state index in [0.717, 1.165) is 5.56 Å². The predicted molar refractivity (Wildman–Crippen MR) is 62.9 cm³/mol. The molecule has 16 heavy (non-hydrogen) atoms. The molecule has 1 amide bonds. The highest BCUT2D eigenvalue weighted by molar-refractivity contribution is 6.18. The molecule has 0 aliphatic rings. The van der Waals surface area contributed by atoms with Crippen LogP contribution in [0.3, 0.4) is 0 Å². The molecular formula is C12H15ClFNO. The van der Waals surface area contributed by atoms with Crippen LogP contribution < -0.4 is 0 Å². The lowest BCUT2D eigenvalue weighted by molar-refractivity contribution is -0.131. The van der Waals surface area contributed by atoms with E-state index >= 15 is 0 Å². The minimum absolute atomic E-state index is 0.00757. The Labute approximate surface area is 100 Å². The van der Waals surface area contributed by atoms with Gasteiger partial charge in [0.05, 0.1) is 6.04 Å². The van der Waals surface area contributed by atoms with Gasteiger partial charge in [0.2, 0.25) is 5.91 Å². The summed E-state index contributed by atoms with van der Waals surface area (Å²) < 4.78 is 12.7. The standard InChI is InChI=1S/C12H15ClFNO/c1-9(15(2)12(16)7-8-13)10-3-5-11(14)6-4-10/h3-6,9H,7-8H2,1-2H3. The molecule has 1 unspecified atom stereocenters. The number of hydrogen-bond acceptors (Lipinski definition) is 1. The third-order valence-electron chi connectivity index (χ3n) is 2.64. The molecule has 2 nitrogen and oxygen atoms in total. The number of amides is 1. The fourth-order valence-electron chi connectivity index (χ4n) is 1.44. The summed E-state index contributed by atoms with van der Waals surface area (Å²) in [5.41, 5.74) is 0.909. The molecule has 0 bridgehead atoms. The van der Waals surface area contributed by atoms with Crippen LogP contribution in [0.1, 0.15) is 24.9 Å². The molecule has 0 fully saturated rings. The molecule has 88 valence electrons. The highest BCUT2D eigenvalue weighted by Gasteiger charge is 2.16. The maximum atomic E-state index is 12.7. The fourth-order valence-corrected chi connectivity index (χ4v) is 1.60. The summed E-state index contributed by atoms with van der Waals surface area (Å²) in [4.78, 5) is 13.2. The Bertz CT molecular complexity index is 353. The van der Waals surface area contributed by atoms with Gasteiger partial charge in [0.15, 0.2) is 0 Å². The lowest BCUT2D eigenvalue weighted by Gasteiger charge is -2.25. The van der Waals surface area contributed by atoms with Crippen molar-refractivity contribution in [3.63, 3.8) is 0 Å². The highest BCUT2D eigenvalue weighted by Crippen LogP contribution is 2.19. The Hall–Kier alpha value is -1.09. The molecule has 1 rings (SSSR count). The lowest BCUT2D eigenvalue weighted by atomic mass is 10.1. The first-order valence-electron chi connectivity index (χ1n) is 5.13. The number of nitrogens with zero attached hydrogens (tertiary/aromatic N) is 1. The third kappa shape index (κ3) is 3.20. The predicted octanol–water partition coefficient (Wildman–Crippen LogP) is 2.97. The highest BCUT2D eigenvalue weighted by atomic mass is 35.5. The topological polar surface area (TPSA) is 20.3 Å². The number of rotatable bonds is 4. The van der Waals surface area contributed by atoms with Crippen molar-refractivity contribution in [3.05, 3.63) is 35.6 Å². The van der Waals surface area contributed by atoms with Crippen molar-refractivity contribution >= 4 is 17.5 Å². The first-order valence-corrected chi connectivity index (χ1v) is 5.66. The molecule has 0 aromatic heterocycles. The van der Waals surface area contributed by atoms with Gasteiger partial charge >= 0.3 is 0 Å². The summed E-state index contributed by atoms with van der Waals surface area (Å²) in [5, 5.41) is 0. The van der Waals surface area contributed by atoms with E-state index in [4.69, 9.17) is 11.6 Å². The van der Waals surface area contributed by atoms with E-state index in [9.17, 15) is 9.18 Å². The second kappa shape index (κ2) is 5.85. The maximum Gasteiger partial charge on any atom is 0.224 e. The van der Waals surface area contributed by atoms with Gasteiger partial charge in [-0.1, -0.05) is 12.1 Å². The summed E-state index contributed by atoms with van der Waals surface area (Å²) in [7, 11) is 1.73. The van der Waals surface area contributed by atoms with Crippen LogP contribution in [-0.2, 0) is 4.79 Å². The maximum absolute atomic E-state index is 12.7. The lowest BCUT2D eigenvalue weighted by Crippen LogP contribution is -2.29. The Balaban J connectivity index is 2.73. The first kappa shape index (κ1) is 13.0. The van der Waals surface area contributed by atoms with E-state index in [0.29, 0.717) is 12.3 Å². The minimum atomic E-state index is -0.273. The van der Waals surface area contributed by atoms with Gasteiger partial charge in [0.25, 0.3) is 0 Å². The smallest absolute Gasteiger partial charge is 0.224 e. The van der Waals surface area contributed by atoms with E-state index in [-0.39, 0.29) is 17.8 Å². The van der Waals surface area contributed by atoms with Crippen LogP contribution in [0.15, 0.2) is 24.3 Å². The minimum Gasteiger partial charge on any atom is -0.339 e. The Kier molecular flexibility index (Phi) is 4.74. The van der Waals surface area contributed by atoms with Gasteiger partial charge in [0.1, 0.15) is 5.82 Å². The van der Waals surface area contributed by atoms with Gasteiger partial charge < -0.3 is 4.90 Å². The summed E-state index contributed by atoms with van der Waals surface area (Å²) >= 11 is 5.51. The van der Waals surface area contributed by atoms with Crippen LogP contribution >= 0.6 is 11.6 Å². The Morgan fingerprint density at radius 2 is 2.00 bits per heavy atom. The van der Waals surface area contributed by atoms with Gasteiger partial charge in [-0.15, -0.1) is 11.6 Å². The number of alkyl halides is 1. The molecule has 0 aliphatic heterocycles. The molecule has 0 radical (unpaired) electrons. The summed E-state index contributed by atoms with van der Waals surface area (Å²) in [6.07, 6.45) is 0.323. The van der Waals surface area contributed by atoms with Crippen LogP contribution in [0, 0.1) is 5.82 Å². The number of hydrogen-bond donors (Lipinski definition) is 0. The summed E-state index contributed by atoms with van der Waals surface area (Å²) in [6.45, 7) is 1.90. The zero-order valence-electron chi connectivity index (χ0n) is 9.41. The van der Waals surface area contributed by atoms with Crippen LogP contribution in [0.2, 0.25) is 0 Å². The van der Waals surface area contributed by atoms with E-state index in [2.05, 4.69) is 0 Å². The van der Waals surface area contributed by atoms with Crippen molar-refractivity contribution in [2.24, 2.45) is 0 Å². The molecule has 0 spiro atoms. The van der Waals surface area contributed by atoms with E-state index < -0.39 is 0 Å². The van der Waals surface area contributed by atoms with Crippen molar-refractivity contribution < 1.29 is 9.18 Å². The zero-order chi connectivity index (χ0) is 12.1. The van der Waals surface area contributed by atoms with Gasteiger partial charge in [0, 0.05) is 19.3 Å². The molecule has 0 heterocycles. The van der Waals surface area contributed by atoms with Crippen molar-refractivity contribution in [2.75, 3.05) is 12.9 Å². The van der Waals surface area contributed by atoms with Crippen molar-refractivity contribution in [3.8, 4) is 0 Å². The van der Waals surface area contributed by atoms with E-state index in [1.54, 1.807) is 24.1 Å². The summed E-state index contributed by atoms with van der Waals surface area (Å²) in [6, 6.07) is 6.09. The van der Waals surface area contributed by atoms with E-state index in [1.165, 1.54) is 12.1 Å². The zero-order valence-corrected chi connectivity index (χ0v) is 10.2. The molecule has 1 aromatic carbocycles. The van der Waals surface area contributed by atoms with Crippen LogP contribution in [0.25, 0.3) is 0 Å². The normalized spacial score (nSPS) is 12.2. The molecule has 0 N–H and O–H groups in total. The molecule has 1 aromatic rings. The third-order valence-corrected chi connectivity index (χ3v) is 2.82. The van der Waals surface area contributed by atoms with Gasteiger partial charge in [-0.2, -0.15) is 0 Å². The van der Waals surface area contributed by atoms with Crippen LogP contribution in [-0.4, -0.2) is 23.7 Å². The molecule has 0 saturated carbocycles. The number of carbonyl (C=O) groups is 1. The van der Waals surface area contributed by atoms with E-state index in [1.807, 2.05) is 6.92 Å². The number of halogens is 2. The molecule has 0 aliphatic carbocycles.